The zero-order chi connectivity index (χ0) is 21.1. The van der Waals surface area contributed by atoms with Crippen LogP contribution in [0.1, 0.15) is 21.6 Å². The number of carbonyl (C=O) groups is 1. The van der Waals surface area contributed by atoms with Gasteiger partial charge in [0.15, 0.2) is 0 Å². The molecule has 0 radical (unpaired) electrons. The molecule has 1 aliphatic rings. The number of ether oxygens (including phenoxy) is 1. The fourth-order valence-electron chi connectivity index (χ4n) is 3.51. The molecule has 2 heterocycles. The van der Waals surface area contributed by atoms with Crippen LogP contribution in [0.25, 0.3) is 0 Å². The number of fused-ring (bicyclic) bond motifs is 1. The number of sulfonamides is 1. The van der Waals surface area contributed by atoms with Crippen LogP contribution in [0.2, 0.25) is 0 Å². The number of nitrogens with one attached hydrogen (secondary N) is 1. The molecule has 0 fully saturated rings. The minimum atomic E-state index is -3.74. The first-order valence-corrected chi connectivity index (χ1v) is 10.9. The highest BCUT2D eigenvalue weighted by atomic mass is 32.2. The highest BCUT2D eigenvalue weighted by Crippen LogP contribution is 2.35. The van der Waals surface area contributed by atoms with Crippen LogP contribution in [0.4, 0.5) is 5.69 Å². The number of pyridine rings is 1. The maximum absolute atomic E-state index is 13.2. The molecular formula is C22H21N3O4S. The van der Waals surface area contributed by atoms with Gasteiger partial charge < -0.3 is 10.1 Å². The zero-order valence-electron chi connectivity index (χ0n) is 16.4. The zero-order valence-corrected chi connectivity index (χ0v) is 17.2. The SMILES string of the molecule is COc1ccc(S(=O)(=O)N2CCc3c(C(=O)NCc4ccccn4)cccc32)cc1. The van der Waals surface area contributed by atoms with Crippen molar-refractivity contribution in [1.82, 2.24) is 10.3 Å². The summed E-state index contributed by atoms with van der Waals surface area (Å²) in [6.45, 7) is 0.589. The summed E-state index contributed by atoms with van der Waals surface area (Å²) in [6, 6.07) is 16.9. The van der Waals surface area contributed by atoms with Crippen molar-refractivity contribution in [2.24, 2.45) is 0 Å². The Morgan fingerprint density at radius 2 is 1.90 bits per heavy atom. The minimum Gasteiger partial charge on any atom is -0.497 e. The summed E-state index contributed by atoms with van der Waals surface area (Å²) in [5, 5.41) is 2.86. The number of rotatable bonds is 6. The molecule has 1 N–H and O–H groups in total. The number of amides is 1. The molecule has 4 rings (SSSR count). The van der Waals surface area contributed by atoms with E-state index in [2.05, 4.69) is 10.3 Å². The van der Waals surface area contributed by atoms with Gasteiger partial charge in [0, 0.05) is 18.3 Å². The Labute approximate surface area is 175 Å². The molecule has 3 aromatic rings. The largest absolute Gasteiger partial charge is 0.497 e. The Kier molecular flexibility index (Phi) is 5.41. The molecule has 8 heteroatoms. The van der Waals surface area contributed by atoms with Gasteiger partial charge in [-0.15, -0.1) is 0 Å². The van der Waals surface area contributed by atoms with Crippen molar-refractivity contribution in [2.45, 2.75) is 17.9 Å². The molecule has 30 heavy (non-hydrogen) atoms. The summed E-state index contributed by atoms with van der Waals surface area (Å²) in [6.07, 6.45) is 2.14. The average molecular weight is 423 g/mol. The average Bonchev–Trinajstić information content (AvgIpc) is 3.23. The summed E-state index contributed by atoms with van der Waals surface area (Å²) in [5.41, 5.74) is 2.50. The van der Waals surface area contributed by atoms with Gasteiger partial charge in [-0.05, 0) is 60.5 Å². The predicted octanol–water partition coefficient (Wildman–Crippen LogP) is 2.77. The molecular weight excluding hydrogens is 402 g/mol. The third kappa shape index (κ3) is 3.73. The molecule has 0 unspecified atom stereocenters. The van der Waals surface area contributed by atoms with Crippen LogP contribution in [0.5, 0.6) is 5.75 Å². The van der Waals surface area contributed by atoms with Crippen LogP contribution in [0.15, 0.2) is 71.8 Å². The summed E-state index contributed by atoms with van der Waals surface area (Å²) < 4.78 is 32.8. The van der Waals surface area contributed by atoms with Crippen molar-refractivity contribution in [3.63, 3.8) is 0 Å². The van der Waals surface area contributed by atoms with E-state index < -0.39 is 10.0 Å². The van der Waals surface area contributed by atoms with Crippen molar-refractivity contribution >= 4 is 21.6 Å². The van der Waals surface area contributed by atoms with E-state index in [1.54, 1.807) is 36.5 Å². The first kappa shape index (κ1) is 19.9. The van der Waals surface area contributed by atoms with Gasteiger partial charge in [-0.1, -0.05) is 12.1 Å². The molecule has 2 aromatic carbocycles. The Morgan fingerprint density at radius 3 is 2.60 bits per heavy atom. The highest BCUT2D eigenvalue weighted by Gasteiger charge is 2.33. The fraction of sp³-hybridized carbons (Fsp3) is 0.182. The van der Waals surface area contributed by atoms with Gasteiger partial charge >= 0.3 is 0 Å². The van der Waals surface area contributed by atoms with Crippen LogP contribution >= 0.6 is 0 Å². The summed E-state index contributed by atoms with van der Waals surface area (Å²) in [7, 11) is -2.21. The summed E-state index contributed by atoms with van der Waals surface area (Å²) in [4.78, 5) is 17.1. The van der Waals surface area contributed by atoms with Crippen LogP contribution < -0.4 is 14.4 Å². The first-order valence-electron chi connectivity index (χ1n) is 9.47. The van der Waals surface area contributed by atoms with E-state index in [1.807, 2.05) is 18.2 Å². The number of methoxy groups -OCH3 is 1. The van der Waals surface area contributed by atoms with E-state index in [1.165, 1.54) is 23.5 Å². The molecule has 0 saturated heterocycles. The van der Waals surface area contributed by atoms with Gasteiger partial charge in [-0.3, -0.25) is 14.1 Å². The Balaban J connectivity index is 1.58. The molecule has 1 amide bonds. The topological polar surface area (TPSA) is 88.6 Å². The molecule has 0 saturated carbocycles. The van der Waals surface area contributed by atoms with E-state index >= 15 is 0 Å². The molecule has 1 aliphatic heterocycles. The normalized spacial score (nSPS) is 13.0. The third-order valence-electron chi connectivity index (χ3n) is 5.03. The third-order valence-corrected chi connectivity index (χ3v) is 6.86. The summed E-state index contributed by atoms with van der Waals surface area (Å²) in [5.74, 6) is 0.337. The Hall–Kier alpha value is -3.39. The number of benzene rings is 2. The molecule has 0 aliphatic carbocycles. The van der Waals surface area contributed by atoms with Crippen molar-refractivity contribution in [3.05, 3.63) is 83.7 Å². The minimum absolute atomic E-state index is 0.182. The molecule has 1 aromatic heterocycles. The van der Waals surface area contributed by atoms with Crippen molar-refractivity contribution < 1.29 is 17.9 Å². The van der Waals surface area contributed by atoms with E-state index in [0.29, 0.717) is 30.0 Å². The van der Waals surface area contributed by atoms with E-state index in [-0.39, 0.29) is 17.3 Å². The lowest BCUT2D eigenvalue weighted by atomic mass is 10.0. The van der Waals surface area contributed by atoms with E-state index in [4.69, 9.17) is 4.74 Å². The lowest BCUT2D eigenvalue weighted by Gasteiger charge is -2.20. The number of carbonyl (C=O) groups excluding carboxylic acids is 1. The smallest absolute Gasteiger partial charge is 0.264 e. The first-order chi connectivity index (χ1) is 14.5. The second kappa shape index (κ2) is 8.16. The van der Waals surface area contributed by atoms with Crippen molar-refractivity contribution in [1.29, 1.82) is 0 Å². The lowest BCUT2D eigenvalue weighted by molar-refractivity contribution is 0.0949. The van der Waals surface area contributed by atoms with Gasteiger partial charge in [0.2, 0.25) is 0 Å². The van der Waals surface area contributed by atoms with Crippen LogP contribution in [-0.2, 0) is 23.0 Å². The van der Waals surface area contributed by atoms with Crippen LogP contribution in [0.3, 0.4) is 0 Å². The molecule has 0 spiro atoms. The van der Waals surface area contributed by atoms with Gasteiger partial charge in [0.1, 0.15) is 5.75 Å². The highest BCUT2D eigenvalue weighted by molar-refractivity contribution is 7.92. The summed E-state index contributed by atoms with van der Waals surface area (Å²) >= 11 is 0. The molecule has 0 atom stereocenters. The fourth-order valence-corrected chi connectivity index (χ4v) is 5.01. The standard InChI is InChI=1S/C22H21N3O4S/c1-29-17-8-10-18(11-9-17)30(27,28)25-14-12-19-20(6-4-7-21(19)25)22(26)24-15-16-5-2-3-13-23-16/h2-11,13H,12,14-15H2,1H3,(H,24,26). The number of hydrogen-bond donors (Lipinski definition) is 1. The second-order valence-corrected chi connectivity index (χ2v) is 8.67. The quantitative estimate of drug-likeness (QED) is 0.659. The maximum atomic E-state index is 13.2. The van der Waals surface area contributed by atoms with E-state index in [0.717, 1.165) is 11.3 Å². The van der Waals surface area contributed by atoms with Crippen molar-refractivity contribution in [2.75, 3.05) is 18.0 Å². The monoisotopic (exact) mass is 423 g/mol. The van der Waals surface area contributed by atoms with Gasteiger partial charge in [-0.25, -0.2) is 8.42 Å². The Bertz CT molecular complexity index is 1160. The lowest BCUT2D eigenvalue weighted by Crippen LogP contribution is -2.29. The van der Waals surface area contributed by atoms with Crippen molar-refractivity contribution in [3.8, 4) is 5.75 Å². The van der Waals surface area contributed by atoms with Gasteiger partial charge in [-0.2, -0.15) is 0 Å². The van der Waals surface area contributed by atoms with E-state index in [9.17, 15) is 13.2 Å². The molecule has 7 nitrogen and oxygen atoms in total. The molecule has 0 bridgehead atoms. The van der Waals surface area contributed by atoms with Gasteiger partial charge in [0.25, 0.3) is 15.9 Å². The second-order valence-electron chi connectivity index (χ2n) is 6.81. The number of nitrogens with zero attached hydrogens (tertiary/aromatic N) is 2. The number of aromatic nitrogens is 1. The number of anilines is 1. The van der Waals surface area contributed by atoms with Gasteiger partial charge in [0.05, 0.1) is 29.9 Å². The molecule has 154 valence electrons. The van der Waals surface area contributed by atoms with Crippen LogP contribution in [0, 0.1) is 0 Å². The van der Waals surface area contributed by atoms with Crippen LogP contribution in [-0.4, -0.2) is 33.0 Å². The Morgan fingerprint density at radius 1 is 1.10 bits per heavy atom. The number of hydrogen-bond acceptors (Lipinski definition) is 5. The maximum Gasteiger partial charge on any atom is 0.264 e. The predicted molar refractivity (Wildman–Crippen MR) is 113 cm³/mol.